The molecular weight excluding hydrogens is 432 g/mol. The van der Waals surface area contributed by atoms with Crippen LogP contribution in [0, 0.1) is 5.92 Å². The van der Waals surface area contributed by atoms with Crippen molar-refractivity contribution >= 4 is 22.0 Å². The Morgan fingerprint density at radius 3 is 2.41 bits per heavy atom. The lowest BCUT2D eigenvalue weighted by Crippen LogP contribution is -2.41. The van der Waals surface area contributed by atoms with Gasteiger partial charge in [-0.05, 0) is 75.4 Å². The van der Waals surface area contributed by atoms with Crippen LogP contribution < -0.4 is 4.74 Å². The standard InChI is InChI=1S/C23H37BrN2O3/c1-3-26(17-18-27)16-6-4-5-7-19-8-12-21(13-9-19)25(2)23(28)29-22-14-10-20(24)11-15-22/h10-11,14-15,19,21,27H,3-9,12-13,16-18H2,1-2H3. The summed E-state index contributed by atoms with van der Waals surface area (Å²) in [5.41, 5.74) is 0. The van der Waals surface area contributed by atoms with E-state index in [0.29, 0.717) is 5.75 Å². The molecule has 0 heterocycles. The van der Waals surface area contributed by atoms with Crippen molar-refractivity contribution in [1.29, 1.82) is 0 Å². The molecule has 1 aliphatic carbocycles. The number of hydrogen-bond donors (Lipinski definition) is 1. The molecule has 0 saturated heterocycles. The molecule has 1 saturated carbocycles. The first kappa shape index (κ1) is 24.2. The average Bonchev–Trinajstić information content (AvgIpc) is 2.74. The van der Waals surface area contributed by atoms with E-state index in [4.69, 9.17) is 9.84 Å². The molecule has 1 fully saturated rings. The van der Waals surface area contributed by atoms with Crippen molar-refractivity contribution in [3.63, 3.8) is 0 Å². The first-order chi connectivity index (χ1) is 14.0. The zero-order chi connectivity index (χ0) is 21.1. The Balaban J connectivity index is 1.61. The van der Waals surface area contributed by atoms with E-state index in [-0.39, 0.29) is 18.7 Å². The molecule has 0 atom stereocenters. The van der Waals surface area contributed by atoms with Crippen molar-refractivity contribution in [2.45, 2.75) is 64.3 Å². The SMILES string of the molecule is CCN(CCO)CCCCCC1CCC(N(C)C(=O)Oc2ccc(Br)cc2)CC1. The first-order valence-corrected chi connectivity index (χ1v) is 11.9. The number of benzene rings is 1. The van der Waals surface area contributed by atoms with Crippen molar-refractivity contribution in [2.24, 2.45) is 5.92 Å². The predicted octanol–water partition coefficient (Wildman–Crippen LogP) is 5.31. The number of amides is 1. The van der Waals surface area contributed by atoms with Gasteiger partial charge in [-0.1, -0.05) is 42.1 Å². The molecule has 2 rings (SSSR count). The van der Waals surface area contributed by atoms with Gasteiger partial charge in [0.25, 0.3) is 0 Å². The van der Waals surface area contributed by atoms with E-state index >= 15 is 0 Å². The zero-order valence-electron chi connectivity index (χ0n) is 18.0. The molecule has 0 spiro atoms. The number of unbranched alkanes of at least 4 members (excludes halogenated alkanes) is 2. The maximum absolute atomic E-state index is 12.4. The summed E-state index contributed by atoms with van der Waals surface area (Å²) >= 11 is 3.39. The number of carbonyl (C=O) groups excluding carboxylic acids is 1. The molecule has 164 valence electrons. The maximum atomic E-state index is 12.4. The molecule has 1 aromatic carbocycles. The van der Waals surface area contributed by atoms with Gasteiger partial charge < -0.3 is 19.6 Å². The number of hydrogen-bond acceptors (Lipinski definition) is 4. The normalized spacial score (nSPS) is 19.3. The molecule has 0 bridgehead atoms. The van der Waals surface area contributed by atoms with Gasteiger partial charge in [0.05, 0.1) is 6.61 Å². The molecule has 1 aliphatic rings. The van der Waals surface area contributed by atoms with Crippen LogP contribution in [0.15, 0.2) is 28.7 Å². The van der Waals surface area contributed by atoms with Crippen molar-refractivity contribution < 1.29 is 14.6 Å². The van der Waals surface area contributed by atoms with E-state index < -0.39 is 0 Å². The van der Waals surface area contributed by atoms with Crippen LogP contribution in [0.3, 0.4) is 0 Å². The molecule has 0 aromatic heterocycles. The van der Waals surface area contributed by atoms with Gasteiger partial charge in [-0.3, -0.25) is 0 Å². The van der Waals surface area contributed by atoms with Crippen molar-refractivity contribution in [3.05, 3.63) is 28.7 Å². The van der Waals surface area contributed by atoms with Crippen LogP contribution in [-0.4, -0.2) is 60.3 Å². The Morgan fingerprint density at radius 2 is 1.79 bits per heavy atom. The number of nitrogens with zero attached hydrogens (tertiary/aromatic N) is 2. The van der Waals surface area contributed by atoms with Crippen LogP contribution in [-0.2, 0) is 0 Å². The van der Waals surface area contributed by atoms with Crippen LogP contribution in [0.25, 0.3) is 0 Å². The Labute approximate surface area is 184 Å². The minimum Gasteiger partial charge on any atom is -0.410 e. The third kappa shape index (κ3) is 8.65. The number of aliphatic hydroxyl groups excluding tert-OH is 1. The van der Waals surface area contributed by atoms with E-state index in [9.17, 15) is 4.79 Å². The van der Waals surface area contributed by atoms with Gasteiger partial charge in [0.2, 0.25) is 0 Å². The summed E-state index contributed by atoms with van der Waals surface area (Å²) in [7, 11) is 1.86. The summed E-state index contributed by atoms with van der Waals surface area (Å²) in [6.45, 7) is 5.30. The monoisotopic (exact) mass is 468 g/mol. The fraction of sp³-hybridized carbons (Fsp3) is 0.696. The summed E-state index contributed by atoms with van der Waals surface area (Å²) in [6.07, 6.45) is 9.33. The second-order valence-electron chi connectivity index (χ2n) is 8.11. The number of ether oxygens (including phenoxy) is 1. The zero-order valence-corrected chi connectivity index (χ0v) is 19.6. The van der Waals surface area contributed by atoms with Crippen LogP contribution >= 0.6 is 15.9 Å². The maximum Gasteiger partial charge on any atom is 0.415 e. The fourth-order valence-corrected chi connectivity index (χ4v) is 4.42. The molecule has 1 amide bonds. The third-order valence-corrected chi connectivity index (χ3v) is 6.65. The largest absolute Gasteiger partial charge is 0.415 e. The number of aliphatic hydroxyl groups is 1. The minimum atomic E-state index is -0.265. The highest BCUT2D eigenvalue weighted by Crippen LogP contribution is 2.31. The van der Waals surface area contributed by atoms with Crippen molar-refractivity contribution in [3.8, 4) is 5.75 Å². The highest BCUT2D eigenvalue weighted by atomic mass is 79.9. The molecule has 1 N–H and O–H groups in total. The highest BCUT2D eigenvalue weighted by Gasteiger charge is 2.27. The molecule has 0 unspecified atom stereocenters. The first-order valence-electron chi connectivity index (χ1n) is 11.1. The van der Waals surface area contributed by atoms with E-state index in [2.05, 4.69) is 27.8 Å². The van der Waals surface area contributed by atoms with Crippen LogP contribution in [0.2, 0.25) is 0 Å². The van der Waals surface area contributed by atoms with E-state index in [1.807, 2.05) is 19.2 Å². The topological polar surface area (TPSA) is 53.0 Å². The van der Waals surface area contributed by atoms with Gasteiger partial charge in [-0.2, -0.15) is 0 Å². The lowest BCUT2D eigenvalue weighted by atomic mass is 9.82. The van der Waals surface area contributed by atoms with Gasteiger partial charge in [-0.15, -0.1) is 0 Å². The number of rotatable bonds is 11. The van der Waals surface area contributed by atoms with E-state index in [1.165, 1.54) is 38.5 Å². The van der Waals surface area contributed by atoms with Crippen LogP contribution in [0.1, 0.15) is 58.3 Å². The third-order valence-electron chi connectivity index (χ3n) is 6.12. The van der Waals surface area contributed by atoms with Gasteiger partial charge in [0.15, 0.2) is 0 Å². The van der Waals surface area contributed by atoms with E-state index in [0.717, 1.165) is 42.9 Å². The molecular formula is C23H37BrN2O3. The van der Waals surface area contributed by atoms with Crippen molar-refractivity contribution in [2.75, 3.05) is 33.3 Å². The summed E-state index contributed by atoms with van der Waals surface area (Å²) in [6, 6.07) is 7.64. The lowest BCUT2D eigenvalue weighted by Gasteiger charge is -2.34. The molecule has 1 aromatic rings. The number of carbonyl (C=O) groups is 1. The predicted molar refractivity (Wildman–Crippen MR) is 121 cm³/mol. The van der Waals surface area contributed by atoms with Crippen molar-refractivity contribution in [1.82, 2.24) is 9.80 Å². The van der Waals surface area contributed by atoms with Crippen LogP contribution in [0.4, 0.5) is 4.79 Å². The smallest absolute Gasteiger partial charge is 0.410 e. The Hall–Kier alpha value is -1.11. The molecule has 0 aliphatic heterocycles. The Kier molecular flexibility index (Phi) is 11.0. The lowest BCUT2D eigenvalue weighted by molar-refractivity contribution is 0.123. The quantitative estimate of drug-likeness (QED) is 0.446. The molecule has 29 heavy (non-hydrogen) atoms. The Bertz CT molecular complexity index is 588. The second-order valence-corrected chi connectivity index (χ2v) is 9.03. The number of likely N-dealkylation sites (N-methyl/N-ethyl adjacent to an activating group) is 1. The Morgan fingerprint density at radius 1 is 1.10 bits per heavy atom. The fourth-order valence-electron chi connectivity index (χ4n) is 4.16. The molecule has 5 nitrogen and oxygen atoms in total. The average molecular weight is 469 g/mol. The highest BCUT2D eigenvalue weighted by molar-refractivity contribution is 9.10. The van der Waals surface area contributed by atoms with Gasteiger partial charge in [0, 0.05) is 24.1 Å². The minimum absolute atomic E-state index is 0.252. The summed E-state index contributed by atoms with van der Waals surface area (Å²) in [4.78, 5) is 16.5. The van der Waals surface area contributed by atoms with Gasteiger partial charge in [0.1, 0.15) is 5.75 Å². The summed E-state index contributed by atoms with van der Waals surface area (Å²) in [5.74, 6) is 1.38. The van der Waals surface area contributed by atoms with E-state index in [1.54, 1.807) is 17.0 Å². The second kappa shape index (κ2) is 13.2. The molecule has 6 heteroatoms. The number of halogens is 1. The molecule has 0 radical (unpaired) electrons. The summed E-state index contributed by atoms with van der Waals surface area (Å²) < 4.78 is 6.46. The summed E-state index contributed by atoms with van der Waals surface area (Å²) in [5, 5.41) is 9.04. The van der Waals surface area contributed by atoms with Crippen LogP contribution in [0.5, 0.6) is 5.75 Å². The van der Waals surface area contributed by atoms with Gasteiger partial charge >= 0.3 is 6.09 Å². The van der Waals surface area contributed by atoms with Gasteiger partial charge in [-0.25, -0.2) is 4.79 Å².